The highest BCUT2D eigenvalue weighted by atomic mass is 32.1. The number of nitrogens with zero attached hydrogens (tertiary/aromatic N) is 3. The standard InChI is InChI=1S/C17H25N3O3S/c1-4-6-9-18(3)14(21)12-20-13-8-11-24-15(13)16(22)19(17(20)23)10-7-5-2/h8,11H,4-7,9-10,12H2,1-3H3. The number of rotatable bonds is 8. The number of hydrogen-bond acceptors (Lipinski definition) is 4. The zero-order valence-electron chi connectivity index (χ0n) is 14.6. The van der Waals surface area contributed by atoms with Gasteiger partial charge in [0, 0.05) is 20.1 Å². The summed E-state index contributed by atoms with van der Waals surface area (Å²) in [4.78, 5) is 39.3. The molecule has 2 rings (SSSR count). The second-order valence-corrected chi connectivity index (χ2v) is 6.90. The maximum Gasteiger partial charge on any atom is 0.332 e. The molecule has 0 atom stereocenters. The third-order valence-corrected chi connectivity index (χ3v) is 5.03. The average molecular weight is 351 g/mol. The van der Waals surface area contributed by atoms with Crippen molar-refractivity contribution in [3.63, 3.8) is 0 Å². The van der Waals surface area contributed by atoms with Gasteiger partial charge in [-0.05, 0) is 24.3 Å². The lowest BCUT2D eigenvalue weighted by atomic mass is 10.3. The van der Waals surface area contributed by atoms with Crippen LogP contribution in [0.1, 0.15) is 39.5 Å². The van der Waals surface area contributed by atoms with Crippen LogP contribution in [0, 0.1) is 0 Å². The lowest BCUT2D eigenvalue weighted by molar-refractivity contribution is -0.130. The van der Waals surface area contributed by atoms with Crippen LogP contribution in [0.3, 0.4) is 0 Å². The number of carbonyl (C=O) groups excluding carboxylic acids is 1. The summed E-state index contributed by atoms with van der Waals surface area (Å²) in [7, 11) is 1.75. The number of aromatic nitrogens is 2. The van der Waals surface area contributed by atoms with E-state index in [0.29, 0.717) is 23.3 Å². The van der Waals surface area contributed by atoms with Crippen molar-refractivity contribution < 1.29 is 4.79 Å². The Bertz CT molecular complexity index is 819. The monoisotopic (exact) mass is 351 g/mol. The summed E-state index contributed by atoms with van der Waals surface area (Å²) in [5.74, 6) is -0.112. The fraction of sp³-hybridized carbons (Fsp3) is 0.588. The molecule has 0 aliphatic rings. The Labute approximate surface area is 145 Å². The molecule has 7 heteroatoms. The molecule has 2 heterocycles. The lowest BCUT2D eigenvalue weighted by Crippen LogP contribution is -2.42. The van der Waals surface area contributed by atoms with Crippen LogP contribution in [-0.2, 0) is 17.9 Å². The van der Waals surface area contributed by atoms with E-state index in [2.05, 4.69) is 6.92 Å². The summed E-state index contributed by atoms with van der Waals surface area (Å²) in [6.45, 7) is 5.12. The number of hydrogen-bond donors (Lipinski definition) is 0. The summed E-state index contributed by atoms with van der Waals surface area (Å²) in [6.07, 6.45) is 3.60. The molecule has 0 spiro atoms. The van der Waals surface area contributed by atoms with E-state index in [0.717, 1.165) is 25.7 Å². The van der Waals surface area contributed by atoms with Crippen LogP contribution in [0.4, 0.5) is 0 Å². The van der Waals surface area contributed by atoms with E-state index in [9.17, 15) is 14.4 Å². The first-order valence-corrected chi connectivity index (χ1v) is 9.34. The smallest absolute Gasteiger partial charge is 0.332 e. The molecule has 0 saturated carbocycles. The van der Waals surface area contributed by atoms with Gasteiger partial charge in [-0.1, -0.05) is 26.7 Å². The van der Waals surface area contributed by atoms with Gasteiger partial charge in [0.1, 0.15) is 11.2 Å². The third kappa shape index (κ3) is 3.77. The minimum Gasteiger partial charge on any atom is -0.344 e. The molecule has 1 amide bonds. The first kappa shape index (κ1) is 18.4. The zero-order valence-corrected chi connectivity index (χ0v) is 15.4. The van der Waals surface area contributed by atoms with Gasteiger partial charge in [0.2, 0.25) is 5.91 Å². The largest absolute Gasteiger partial charge is 0.344 e. The van der Waals surface area contributed by atoms with Crippen LogP contribution in [-0.4, -0.2) is 33.5 Å². The van der Waals surface area contributed by atoms with Gasteiger partial charge in [0.15, 0.2) is 0 Å². The molecule has 132 valence electrons. The molecule has 0 aliphatic heterocycles. The molecule has 0 bridgehead atoms. The van der Waals surface area contributed by atoms with Gasteiger partial charge in [-0.15, -0.1) is 11.3 Å². The molecule has 2 aromatic rings. The first-order valence-electron chi connectivity index (χ1n) is 8.46. The fourth-order valence-electron chi connectivity index (χ4n) is 2.58. The second-order valence-electron chi connectivity index (χ2n) is 5.98. The number of fused-ring (bicyclic) bond motifs is 1. The minimum atomic E-state index is -0.392. The maximum absolute atomic E-state index is 12.7. The van der Waals surface area contributed by atoms with Crippen molar-refractivity contribution in [1.29, 1.82) is 0 Å². The molecule has 0 aromatic carbocycles. The number of amides is 1. The van der Waals surface area contributed by atoms with Crippen molar-refractivity contribution in [2.75, 3.05) is 13.6 Å². The Morgan fingerprint density at radius 1 is 1.17 bits per heavy atom. The normalized spacial score (nSPS) is 11.1. The van der Waals surface area contributed by atoms with Crippen molar-refractivity contribution >= 4 is 27.5 Å². The number of carbonyl (C=O) groups is 1. The van der Waals surface area contributed by atoms with Crippen molar-refractivity contribution in [3.05, 3.63) is 32.3 Å². The van der Waals surface area contributed by atoms with Gasteiger partial charge in [0.25, 0.3) is 5.56 Å². The molecule has 6 nitrogen and oxygen atoms in total. The Balaban J connectivity index is 2.42. The molecule has 0 radical (unpaired) electrons. The molecule has 0 unspecified atom stereocenters. The second kappa shape index (κ2) is 8.28. The van der Waals surface area contributed by atoms with Gasteiger partial charge >= 0.3 is 5.69 Å². The molecule has 0 fully saturated rings. The highest BCUT2D eigenvalue weighted by Crippen LogP contribution is 2.15. The van der Waals surface area contributed by atoms with Gasteiger partial charge in [-0.3, -0.25) is 18.7 Å². The first-order chi connectivity index (χ1) is 11.5. The van der Waals surface area contributed by atoms with Crippen molar-refractivity contribution in [3.8, 4) is 0 Å². The quantitative estimate of drug-likeness (QED) is 0.733. The molecule has 0 N–H and O–H groups in total. The predicted octanol–water partition coefficient (Wildman–Crippen LogP) is 2.28. The van der Waals surface area contributed by atoms with E-state index in [4.69, 9.17) is 0 Å². The molecule has 24 heavy (non-hydrogen) atoms. The number of likely N-dealkylation sites (N-methyl/N-ethyl adjacent to an activating group) is 1. The SMILES string of the molecule is CCCCN(C)C(=O)Cn1c(=O)n(CCCC)c(=O)c2sccc21. The average Bonchev–Trinajstić information content (AvgIpc) is 3.06. The van der Waals surface area contributed by atoms with Gasteiger partial charge in [-0.2, -0.15) is 0 Å². The van der Waals surface area contributed by atoms with Crippen LogP contribution in [0.15, 0.2) is 21.0 Å². The van der Waals surface area contributed by atoms with Gasteiger partial charge < -0.3 is 4.90 Å². The highest BCUT2D eigenvalue weighted by molar-refractivity contribution is 7.17. The summed E-state index contributed by atoms with van der Waals surface area (Å²) in [5.41, 5.74) is -0.0851. The van der Waals surface area contributed by atoms with Crippen molar-refractivity contribution in [2.45, 2.75) is 52.6 Å². The summed E-state index contributed by atoms with van der Waals surface area (Å²) in [6, 6.07) is 1.74. The highest BCUT2D eigenvalue weighted by Gasteiger charge is 2.17. The Morgan fingerprint density at radius 2 is 1.88 bits per heavy atom. The lowest BCUT2D eigenvalue weighted by Gasteiger charge is -2.18. The fourth-order valence-corrected chi connectivity index (χ4v) is 3.42. The summed E-state index contributed by atoms with van der Waals surface area (Å²) >= 11 is 1.32. The number of unbranched alkanes of at least 4 members (excludes halogenated alkanes) is 2. The zero-order chi connectivity index (χ0) is 17.7. The van der Waals surface area contributed by atoms with E-state index in [1.165, 1.54) is 20.5 Å². The van der Waals surface area contributed by atoms with Crippen LogP contribution < -0.4 is 11.2 Å². The minimum absolute atomic E-state index is 0.0291. The Morgan fingerprint density at radius 3 is 2.54 bits per heavy atom. The van der Waals surface area contributed by atoms with E-state index in [1.807, 2.05) is 6.92 Å². The van der Waals surface area contributed by atoms with E-state index >= 15 is 0 Å². The predicted molar refractivity (Wildman–Crippen MR) is 97.8 cm³/mol. The molecular formula is C17H25N3O3S. The van der Waals surface area contributed by atoms with E-state index in [-0.39, 0.29) is 18.0 Å². The maximum atomic E-state index is 12.7. The van der Waals surface area contributed by atoms with Gasteiger partial charge in [-0.25, -0.2) is 4.79 Å². The van der Waals surface area contributed by atoms with Gasteiger partial charge in [0.05, 0.1) is 5.52 Å². The molecular weight excluding hydrogens is 326 g/mol. The third-order valence-electron chi connectivity index (χ3n) is 4.14. The summed E-state index contributed by atoms with van der Waals surface area (Å²) < 4.78 is 3.24. The van der Waals surface area contributed by atoms with Crippen LogP contribution in [0.5, 0.6) is 0 Å². The Kier molecular flexibility index (Phi) is 6.36. The van der Waals surface area contributed by atoms with Crippen LogP contribution in [0.2, 0.25) is 0 Å². The van der Waals surface area contributed by atoms with Crippen molar-refractivity contribution in [2.24, 2.45) is 0 Å². The topological polar surface area (TPSA) is 64.3 Å². The van der Waals surface area contributed by atoms with E-state index < -0.39 is 5.69 Å². The Hall–Kier alpha value is -1.89. The van der Waals surface area contributed by atoms with Crippen molar-refractivity contribution in [1.82, 2.24) is 14.0 Å². The molecule has 2 aromatic heterocycles. The molecule has 0 saturated heterocycles. The molecule has 0 aliphatic carbocycles. The van der Waals surface area contributed by atoms with Crippen LogP contribution in [0.25, 0.3) is 10.2 Å². The van der Waals surface area contributed by atoms with E-state index in [1.54, 1.807) is 23.4 Å². The number of thiophene rings is 1. The van der Waals surface area contributed by atoms with Crippen LogP contribution >= 0.6 is 11.3 Å². The summed E-state index contributed by atoms with van der Waals surface area (Å²) in [5, 5.41) is 1.79.